The molecule has 0 bridgehead atoms. The Bertz CT molecular complexity index is 665. The van der Waals surface area contributed by atoms with Crippen LogP contribution >= 0.6 is 0 Å². The number of ether oxygens (including phenoxy) is 1. The molecule has 2 rings (SSSR count). The molecule has 1 heterocycles. The highest BCUT2D eigenvalue weighted by molar-refractivity contribution is 7.89. The van der Waals surface area contributed by atoms with Crippen molar-refractivity contribution in [2.75, 3.05) is 19.7 Å². The van der Waals surface area contributed by atoms with Gasteiger partial charge in [0.05, 0.1) is 11.0 Å². The van der Waals surface area contributed by atoms with E-state index in [1.165, 1.54) is 24.3 Å². The summed E-state index contributed by atoms with van der Waals surface area (Å²) in [6.45, 7) is 4.88. The Morgan fingerprint density at radius 3 is 2.54 bits per heavy atom. The minimum atomic E-state index is -3.61. The zero-order chi connectivity index (χ0) is 17.8. The van der Waals surface area contributed by atoms with Crippen LogP contribution in [0.4, 0.5) is 0 Å². The minimum Gasteiger partial charge on any atom is -0.377 e. The predicted octanol–water partition coefficient (Wildman–Crippen LogP) is 0.611. The van der Waals surface area contributed by atoms with Crippen LogP contribution in [0.3, 0.4) is 0 Å². The van der Waals surface area contributed by atoms with Crippen molar-refractivity contribution in [2.24, 2.45) is 5.73 Å². The molecule has 0 aliphatic carbocycles. The van der Waals surface area contributed by atoms with Crippen molar-refractivity contribution in [1.29, 1.82) is 0 Å². The fourth-order valence-electron chi connectivity index (χ4n) is 2.31. The fraction of sp³-hybridized carbons (Fsp3) is 0.562. The molecule has 1 fully saturated rings. The van der Waals surface area contributed by atoms with Crippen LogP contribution in [0.25, 0.3) is 0 Å². The third-order valence-electron chi connectivity index (χ3n) is 3.91. The van der Waals surface area contributed by atoms with Gasteiger partial charge >= 0.3 is 0 Å². The van der Waals surface area contributed by atoms with Crippen molar-refractivity contribution in [3.05, 3.63) is 29.8 Å². The van der Waals surface area contributed by atoms with E-state index in [0.29, 0.717) is 18.7 Å². The lowest BCUT2D eigenvalue weighted by molar-refractivity contribution is 0.0915. The number of nitrogens with one attached hydrogen (secondary N) is 2. The molecule has 1 aliphatic rings. The first-order valence-corrected chi connectivity index (χ1v) is 9.46. The maximum Gasteiger partial charge on any atom is 0.251 e. The summed E-state index contributed by atoms with van der Waals surface area (Å²) < 4.78 is 32.5. The SMILES string of the molecule is CC(C)(CN)NC(=O)c1ccc(S(=O)(=O)NCC2CCCO2)cc1. The molecule has 0 spiro atoms. The Labute approximate surface area is 143 Å². The Hall–Kier alpha value is -1.48. The number of hydrogen-bond donors (Lipinski definition) is 3. The number of sulfonamides is 1. The molecule has 134 valence electrons. The van der Waals surface area contributed by atoms with Crippen LogP contribution in [0.1, 0.15) is 37.0 Å². The second-order valence-electron chi connectivity index (χ2n) is 6.55. The highest BCUT2D eigenvalue weighted by Gasteiger charge is 2.22. The summed E-state index contributed by atoms with van der Waals surface area (Å²) in [4.78, 5) is 12.3. The first-order valence-electron chi connectivity index (χ1n) is 7.97. The van der Waals surface area contributed by atoms with Crippen LogP contribution in [0.2, 0.25) is 0 Å². The predicted molar refractivity (Wildman–Crippen MR) is 91.2 cm³/mol. The lowest BCUT2D eigenvalue weighted by atomic mass is 10.1. The van der Waals surface area contributed by atoms with Gasteiger partial charge in [-0.25, -0.2) is 13.1 Å². The largest absolute Gasteiger partial charge is 0.377 e. The van der Waals surface area contributed by atoms with Gasteiger partial charge in [0.15, 0.2) is 0 Å². The molecule has 1 atom stereocenters. The smallest absolute Gasteiger partial charge is 0.251 e. The van der Waals surface area contributed by atoms with Gasteiger partial charge in [-0.05, 0) is 51.0 Å². The third kappa shape index (κ3) is 5.01. The summed E-state index contributed by atoms with van der Waals surface area (Å²) in [6.07, 6.45) is 1.75. The van der Waals surface area contributed by atoms with Gasteiger partial charge in [-0.1, -0.05) is 0 Å². The van der Waals surface area contributed by atoms with Gasteiger partial charge in [-0.15, -0.1) is 0 Å². The molecule has 8 heteroatoms. The fourth-order valence-corrected chi connectivity index (χ4v) is 3.37. The highest BCUT2D eigenvalue weighted by Crippen LogP contribution is 2.14. The number of nitrogens with two attached hydrogens (primary N) is 1. The van der Waals surface area contributed by atoms with E-state index in [-0.39, 0.29) is 23.5 Å². The molecular formula is C16H25N3O4S. The molecule has 0 aromatic heterocycles. The van der Waals surface area contributed by atoms with Crippen LogP contribution in [0.15, 0.2) is 29.2 Å². The van der Waals surface area contributed by atoms with Crippen LogP contribution in [0, 0.1) is 0 Å². The molecule has 1 aromatic rings. The number of amides is 1. The lowest BCUT2D eigenvalue weighted by Crippen LogP contribution is -2.48. The normalized spacial score (nSPS) is 18.5. The van der Waals surface area contributed by atoms with Crippen molar-refractivity contribution in [3.63, 3.8) is 0 Å². The number of hydrogen-bond acceptors (Lipinski definition) is 5. The van der Waals surface area contributed by atoms with Crippen molar-refractivity contribution >= 4 is 15.9 Å². The molecule has 24 heavy (non-hydrogen) atoms. The van der Waals surface area contributed by atoms with E-state index < -0.39 is 15.6 Å². The Kier molecular flexibility index (Phi) is 5.97. The summed E-state index contributed by atoms with van der Waals surface area (Å²) in [7, 11) is -3.61. The molecule has 1 aromatic carbocycles. The van der Waals surface area contributed by atoms with E-state index in [0.717, 1.165) is 12.8 Å². The lowest BCUT2D eigenvalue weighted by Gasteiger charge is -2.24. The van der Waals surface area contributed by atoms with Gasteiger partial charge in [0, 0.05) is 30.8 Å². The average Bonchev–Trinajstić information content (AvgIpc) is 3.06. The summed E-state index contributed by atoms with van der Waals surface area (Å²) >= 11 is 0. The molecule has 1 amide bonds. The zero-order valence-corrected chi connectivity index (χ0v) is 14.9. The maximum atomic E-state index is 12.3. The van der Waals surface area contributed by atoms with Gasteiger partial charge in [0.1, 0.15) is 0 Å². The summed E-state index contributed by atoms with van der Waals surface area (Å²) in [5.41, 5.74) is 5.45. The Balaban J connectivity index is 2.00. The van der Waals surface area contributed by atoms with E-state index in [2.05, 4.69) is 10.0 Å². The Morgan fingerprint density at radius 1 is 1.33 bits per heavy atom. The van der Waals surface area contributed by atoms with Gasteiger partial charge in [0.2, 0.25) is 10.0 Å². The van der Waals surface area contributed by atoms with Gasteiger partial charge in [0.25, 0.3) is 5.91 Å². The van der Waals surface area contributed by atoms with Crippen LogP contribution in [0.5, 0.6) is 0 Å². The number of benzene rings is 1. The maximum absolute atomic E-state index is 12.3. The summed E-state index contributed by atoms with van der Waals surface area (Å²) in [6, 6.07) is 5.82. The third-order valence-corrected chi connectivity index (χ3v) is 5.35. The van der Waals surface area contributed by atoms with E-state index in [9.17, 15) is 13.2 Å². The zero-order valence-electron chi connectivity index (χ0n) is 14.0. The second kappa shape index (κ2) is 7.60. The molecule has 0 saturated carbocycles. The molecule has 1 aliphatic heterocycles. The number of carbonyl (C=O) groups is 1. The van der Waals surface area contributed by atoms with Crippen molar-refractivity contribution in [1.82, 2.24) is 10.0 Å². The summed E-state index contributed by atoms with van der Waals surface area (Å²) in [5, 5.41) is 2.80. The minimum absolute atomic E-state index is 0.0664. The van der Waals surface area contributed by atoms with Crippen LogP contribution in [-0.2, 0) is 14.8 Å². The molecule has 1 saturated heterocycles. The summed E-state index contributed by atoms with van der Waals surface area (Å²) in [5.74, 6) is -0.290. The first-order chi connectivity index (χ1) is 11.2. The van der Waals surface area contributed by atoms with Gasteiger partial charge in [-0.3, -0.25) is 4.79 Å². The van der Waals surface area contributed by atoms with Crippen LogP contribution < -0.4 is 15.8 Å². The van der Waals surface area contributed by atoms with Crippen molar-refractivity contribution < 1.29 is 17.9 Å². The van der Waals surface area contributed by atoms with Crippen molar-refractivity contribution in [3.8, 4) is 0 Å². The number of carbonyl (C=O) groups excluding carboxylic acids is 1. The van der Waals surface area contributed by atoms with E-state index in [1.54, 1.807) is 0 Å². The average molecular weight is 355 g/mol. The molecule has 0 radical (unpaired) electrons. The first kappa shape index (κ1) is 18.9. The quantitative estimate of drug-likeness (QED) is 0.664. The number of rotatable bonds is 7. The second-order valence-corrected chi connectivity index (χ2v) is 8.32. The standard InChI is InChI=1S/C16H25N3O4S/c1-16(2,11-17)19-15(20)12-5-7-14(8-6-12)24(21,22)18-10-13-4-3-9-23-13/h5-8,13,18H,3-4,9-11,17H2,1-2H3,(H,19,20). The van der Waals surface area contributed by atoms with Crippen LogP contribution in [-0.4, -0.2) is 45.7 Å². The molecule has 1 unspecified atom stereocenters. The van der Waals surface area contributed by atoms with E-state index >= 15 is 0 Å². The Morgan fingerprint density at radius 2 is 2.00 bits per heavy atom. The molecular weight excluding hydrogens is 330 g/mol. The van der Waals surface area contributed by atoms with Crippen molar-refractivity contribution in [2.45, 2.75) is 43.2 Å². The molecule has 7 nitrogen and oxygen atoms in total. The topological polar surface area (TPSA) is 111 Å². The van der Waals surface area contributed by atoms with E-state index in [4.69, 9.17) is 10.5 Å². The van der Waals surface area contributed by atoms with Gasteiger partial charge < -0.3 is 15.8 Å². The highest BCUT2D eigenvalue weighted by atomic mass is 32.2. The van der Waals surface area contributed by atoms with E-state index in [1.807, 2.05) is 13.8 Å². The van der Waals surface area contributed by atoms with Gasteiger partial charge in [-0.2, -0.15) is 0 Å². The monoisotopic (exact) mass is 355 g/mol. The molecule has 4 N–H and O–H groups in total.